The molecule has 0 saturated carbocycles. The number of ether oxygens (including phenoxy) is 1. The van der Waals surface area contributed by atoms with Crippen LogP contribution in [0.2, 0.25) is 0 Å². The predicted octanol–water partition coefficient (Wildman–Crippen LogP) is 1.39. The van der Waals surface area contributed by atoms with Crippen LogP contribution in [0.5, 0.6) is 0 Å². The van der Waals surface area contributed by atoms with E-state index in [1.807, 2.05) is 13.8 Å². The highest BCUT2D eigenvalue weighted by Crippen LogP contribution is 2.35. The molecule has 0 fully saturated rings. The Morgan fingerprint density at radius 1 is 1.50 bits per heavy atom. The van der Waals surface area contributed by atoms with Crippen LogP contribution in [0.1, 0.15) is 41.1 Å². The van der Waals surface area contributed by atoms with Gasteiger partial charge in [0.25, 0.3) is 0 Å². The Kier molecular flexibility index (Phi) is 5.42. The van der Waals surface area contributed by atoms with Crippen molar-refractivity contribution in [3.8, 4) is 0 Å². The number of nitrogen functional groups attached to an aromatic ring is 1. The van der Waals surface area contributed by atoms with Gasteiger partial charge in [-0.15, -0.1) is 11.3 Å². The van der Waals surface area contributed by atoms with Gasteiger partial charge in [0, 0.05) is 24.0 Å². The summed E-state index contributed by atoms with van der Waals surface area (Å²) in [7, 11) is 1.36. The Labute approximate surface area is 134 Å². The lowest BCUT2D eigenvalue weighted by atomic mass is 10.0. The summed E-state index contributed by atoms with van der Waals surface area (Å²) in [6.07, 6.45) is 1.63. The van der Waals surface area contributed by atoms with Gasteiger partial charge in [0.1, 0.15) is 5.00 Å². The molecule has 3 N–H and O–H groups in total. The van der Waals surface area contributed by atoms with Crippen LogP contribution in [0.15, 0.2) is 0 Å². The molecule has 22 heavy (non-hydrogen) atoms. The van der Waals surface area contributed by atoms with E-state index in [4.69, 9.17) is 10.5 Å². The van der Waals surface area contributed by atoms with Crippen LogP contribution in [-0.4, -0.2) is 43.0 Å². The Hall–Kier alpha value is -1.60. The molecule has 6 nitrogen and oxygen atoms in total. The van der Waals surface area contributed by atoms with E-state index in [2.05, 4.69) is 10.2 Å². The highest BCUT2D eigenvalue weighted by atomic mass is 32.1. The SMILES string of the molecule is CCC(C)NC(=O)CN1CCc2c(sc(N)c2C(=O)OC)C1. The molecule has 0 aliphatic carbocycles. The van der Waals surface area contributed by atoms with E-state index in [9.17, 15) is 9.59 Å². The molecular formula is C15H23N3O3S. The molecule has 1 amide bonds. The maximum atomic E-state index is 12.0. The summed E-state index contributed by atoms with van der Waals surface area (Å²) in [6, 6.07) is 0.191. The number of hydrogen-bond donors (Lipinski definition) is 2. The van der Waals surface area contributed by atoms with Crippen LogP contribution in [0.3, 0.4) is 0 Å². The Morgan fingerprint density at radius 2 is 2.23 bits per heavy atom. The molecule has 0 bridgehead atoms. The minimum absolute atomic E-state index is 0.0375. The predicted molar refractivity (Wildman–Crippen MR) is 86.9 cm³/mol. The van der Waals surface area contributed by atoms with E-state index < -0.39 is 0 Å². The van der Waals surface area contributed by atoms with E-state index in [1.54, 1.807) is 0 Å². The van der Waals surface area contributed by atoms with Crippen molar-refractivity contribution in [2.75, 3.05) is 25.9 Å². The number of esters is 1. The van der Waals surface area contributed by atoms with E-state index in [0.717, 1.165) is 23.4 Å². The average molecular weight is 325 g/mol. The summed E-state index contributed by atoms with van der Waals surface area (Å²) in [5, 5.41) is 3.47. The summed E-state index contributed by atoms with van der Waals surface area (Å²) in [5.41, 5.74) is 7.43. The van der Waals surface area contributed by atoms with Gasteiger partial charge in [-0.2, -0.15) is 0 Å². The first kappa shape index (κ1) is 16.8. The second kappa shape index (κ2) is 7.11. The number of nitrogens with two attached hydrogens (primary N) is 1. The lowest BCUT2D eigenvalue weighted by Gasteiger charge is -2.27. The third-order valence-electron chi connectivity index (χ3n) is 3.94. The van der Waals surface area contributed by atoms with Crippen molar-refractivity contribution in [2.24, 2.45) is 0 Å². The van der Waals surface area contributed by atoms with Gasteiger partial charge in [0.15, 0.2) is 0 Å². The maximum Gasteiger partial charge on any atom is 0.341 e. The topological polar surface area (TPSA) is 84.7 Å². The Balaban J connectivity index is 2.04. The fourth-order valence-corrected chi connectivity index (χ4v) is 3.71. The number of rotatable bonds is 5. The molecular weight excluding hydrogens is 302 g/mol. The van der Waals surface area contributed by atoms with E-state index in [-0.39, 0.29) is 17.9 Å². The van der Waals surface area contributed by atoms with E-state index >= 15 is 0 Å². The summed E-state index contributed by atoms with van der Waals surface area (Å²) >= 11 is 1.41. The number of nitrogens with one attached hydrogen (secondary N) is 1. The largest absolute Gasteiger partial charge is 0.465 e. The lowest BCUT2D eigenvalue weighted by Crippen LogP contribution is -2.42. The van der Waals surface area contributed by atoms with Crippen molar-refractivity contribution in [1.82, 2.24) is 10.2 Å². The molecule has 1 aromatic rings. The van der Waals surface area contributed by atoms with Crippen LogP contribution in [0.25, 0.3) is 0 Å². The van der Waals surface area contributed by atoms with Crippen molar-refractivity contribution < 1.29 is 14.3 Å². The van der Waals surface area contributed by atoms with Gasteiger partial charge in [-0.25, -0.2) is 4.79 Å². The average Bonchev–Trinajstić information content (AvgIpc) is 2.81. The number of fused-ring (bicyclic) bond motifs is 1. The summed E-state index contributed by atoms with van der Waals surface area (Å²) in [6.45, 7) is 5.79. The molecule has 0 aromatic carbocycles. The number of hydrogen-bond acceptors (Lipinski definition) is 6. The third kappa shape index (κ3) is 3.59. The Bertz CT molecular complexity index is 571. The number of anilines is 1. The van der Waals surface area contributed by atoms with Crippen LogP contribution in [0, 0.1) is 0 Å². The smallest absolute Gasteiger partial charge is 0.341 e. The summed E-state index contributed by atoms with van der Waals surface area (Å²) in [4.78, 5) is 26.9. The number of carbonyl (C=O) groups excluding carboxylic acids is 2. The number of thiophene rings is 1. The fraction of sp³-hybridized carbons (Fsp3) is 0.600. The second-order valence-corrected chi connectivity index (χ2v) is 6.71. The van der Waals surface area contributed by atoms with Crippen molar-refractivity contribution >= 4 is 28.2 Å². The van der Waals surface area contributed by atoms with E-state index in [0.29, 0.717) is 30.1 Å². The first-order valence-electron chi connectivity index (χ1n) is 7.46. The minimum Gasteiger partial charge on any atom is -0.465 e. The van der Waals surface area contributed by atoms with Gasteiger partial charge in [-0.1, -0.05) is 6.92 Å². The van der Waals surface area contributed by atoms with Crippen molar-refractivity contribution in [3.05, 3.63) is 16.0 Å². The molecule has 2 rings (SSSR count). The molecule has 0 radical (unpaired) electrons. The first-order chi connectivity index (χ1) is 10.5. The lowest BCUT2D eigenvalue weighted by molar-refractivity contribution is -0.123. The Morgan fingerprint density at radius 3 is 2.86 bits per heavy atom. The zero-order chi connectivity index (χ0) is 16.3. The number of carbonyl (C=O) groups is 2. The molecule has 0 saturated heterocycles. The zero-order valence-electron chi connectivity index (χ0n) is 13.3. The van der Waals surface area contributed by atoms with Crippen LogP contribution in [-0.2, 0) is 22.5 Å². The quantitative estimate of drug-likeness (QED) is 0.799. The van der Waals surface area contributed by atoms with E-state index in [1.165, 1.54) is 18.4 Å². The first-order valence-corrected chi connectivity index (χ1v) is 8.27. The zero-order valence-corrected chi connectivity index (χ0v) is 14.1. The molecule has 2 heterocycles. The van der Waals surface area contributed by atoms with Gasteiger partial charge in [0.05, 0.1) is 19.2 Å². The minimum atomic E-state index is -0.377. The highest BCUT2D eigenvalue weighted by Gasteiger charge is 2.28. The van der Waals surface area contributed by atoms with Crippen LogP contribution >= 0.6 is 11.3 Å². The molecule has 1 aliphatic heterocycles. The van der Waals surface area contributed by atoms with Crippen LogP contribution < -0.4 is 11.1 Å². The molecule has 1 aromatic heterocycles. The number of methoxy groups -OCH3 is 1. The monoisotopic (exact) mass is 325 g/mol. The fourth-order valence-electron chi connectivity index (χ4n) is 2.56. The van der Waals surface area contributed by atoms with Gasteiger partial charge in [0.2, 0.25) is 5.91 Å². The summed E-state index contributed by atoms with van der Waals surface area (Å²) in [5.74, 6) is -0.339. The molecule has 1 unspecified atom stereocenters. The summed E-state index contributed by atoms with van der Waals surface area (Å²) < 4.78 is 4.80. The normalized spacial score (nSPS) is 16.0. The van der Waals surface area contributed by atoms with Crippen LogP contribution in [0.4, 0.5) is 5.00 Å². The van der Waals surface area contributed by atoms with Gasteiger partial charge in [-0.3, -0.25) is 9.69 Å². The number of nitrogens with zero attached hydrogens (tertiary/aromatic N) is 1. The molecule has 122 valence electrons. The van der Waals surface area contributed by atoms with Gasteiger partial charge in [-0.05, 0) is 25.3 Å². The molecule has 7 heteroatoms. The molecule has 1 atom stereocenters. The highest BCUT2D eigenvalue weighted by molar-refractivity contribution is 7.16. The van der Waals surface area contributed by atoms with Crippen molar-refractivity contribution in [2.45, 2.75) is 39.3 Å². The maximum absolute atomic E-state index is 12.0. The second-order valence-electron chi connectivity index (χ2n) is 5.57. The molecule has 0 spiro atoms. The van der Waals surface area contributed by atoms with Crippen molar-refractivity contribution in [3.63, 3.8) is 0 Å². The third-order valence-corrected chi connectivity index (χ3v) is 4.99. The molecule has 1 aliphatic rings. The number of amides is 1. The standard InChI is InChI=1S/C15H23N3O3S/c1-4-9(2)17-12(19)8-18-6-5-10-11(7-18)22-14(16)13(10)15(20)21-3/h9H,4-8,16H2,1-3H3,(H,17,19). The van der Waals surface area contributed by atoms with Gasteiger partial charge >= 0.3 is 5.97 Å². The van der Waals surface area contributed by atoms with Crippen molar-refractivity contribution in [1.29, 1.82) is 0 Å². The van der Waals surface area contributed by atoms with Gasteiger partial charge < -0.3 is 15.8 Å².